The van der Waals surface area contributed by atoms with Gasteiger partial charge in [-0.15, -0.1) is 0 Å². The van der Waals surface area contributed by atoms with Crippen LogP contribution in [0.4, 0.5) is 5.69 Å². The molecule has 1 aromatic carbocycles. The average Bonchev–Trinajstić information content (AvgIpc) is 2.98. The molecule has 120 valence electrons. The lowest BCUT2D eigenvalue weighted by atomic mass is 10.0. The van der Waals surface area contributed by atoms with Crippen molar-refractivity contribution in [2.45, 2.75) is 19.4 Å². The first-order chi connectivity index (χ1) is 11.1. The second-order valence-corrected chi connectivity index (χ2v) is 5.20. The topological polar surface area (TPSA) is 101 Å². The SMILES string of the molecule is CC1OCCC1C(=O)OOc1ccc([N+](=O)[O-])c2cccnc12. The van der Waals surface area contributed by atoms with E-state index in [0.29, 0.717) is 18.4 Å². The highest BCUT2D eigenvalue weighted by molar-refractivity contribution is 5.92. The van der Waals surface area contributed by atoms with Crippen LogP contribution < -0.4 is 4.89 Å². The van der Waals surface area contributed by atoms with Gasteiger partial charge in [0, 0.05) is 18.9 Å². The Bertz CT molecular complexity index is 763. The molecule has 2 unspecified atom stereocenters. The molecular formula is C15H14N2O6. The average molecular weight is 318 g/mol. The van der Waals surface area contributed by atoms with Crippen LogP contribution >= 0.6 is 0 Å². The molecule has 1 saturated heterocycles. The number of fused-ring (bicyclic) bond motifs is 1. The van der Waals surface area contributed by atoms with E-state index in [4.69, 9.17) is 14.5 Å². The minimum absolute atomic E-state index is 0.0930. The second kappa shape index (κ2) is 6.17. The Hall–Kier alpha value is -2.74. The molecule has 2 atom stereocenters. The van der Waals surface area contributed by atoms with E-state index in [9.17, 15) is 14.9 Å². The molecule has 3 rings (SSSR count). The van der Waals surface area contributed by atoms with Crippen molar-refractivity contribution in [3.05, 3.63) is 40.6 Å². The first kappa shape index (κ1) is 15.2. The third-order valence-corrected chi connectivity index (χ3v) is 3.80. The molecule has 1 aliphatic rings. The number of hydrogen-bond donors (Lipinski definition) is 0. The molecule has 0 aliphatic carbocycles. The molecule has 23 heavy (non-hydrogen) atoms. The fourth-order valence-corrected chi connectivity index (χ4v) is 2.55. The maximum Gasteiger partial charge on any atom is 0.361 e. The summed E-state index contributed by atoms with van der Waals surface area (Å²) in [5.41, 5.74) is 0.162. The first-order valence-corrected chi connectivity index (χ1v) is 7.10. The van der Waals surface area contributed by atoms with Gasteiger partial charge in [-0.1, -0.05) is 0 Å². The lowest BCUT2D eigenvalue weighted by Crippen LogP contribution is -2.25. The summed E-state index contributed by atoms with van der Waals surface area (Å²) in [5, 5.41) is 11.3. The predicted molar refractivity (Wildman–Crippen MR) is 78.6 cm³/mol. The number of nitro benzene ring substituents is 1. The van der Waals surface area contributed by atoms with Crippen LogP contribution in [0.5, 0.6) is 5.75 Å². The molecule has 2 aromatic rings. The molecule has 8 heteroatoms. The number of pyridine rings is 1. The zero-order valence-electron chi connectivity index (χ0n) is 12.3. The largest absolute Gasteiger partial charge is 0.378 e. The van der Waals surface area contributed by atoms with Crippen LogP contribution in [-0.2, 0) is 14.4 Å². The number of carbonyl (C=O) groups excluding carboxylic acids is 1. The van der Waals surface area contributed by atoms with Gasteiger partial charge in [-0.3, -0.25) is 20.0 Å². The summed E-state index contributed by atoms with van der Waals surface area (Å²) in [6.45, 7) is 2.30. The molecule has 1 aliphatic heterocycles. The van der Waals surface area contributed by atoms with Crippen LogP contribution in [0.25, 0.3) is 10.9 Å². The molecule has 0 amide bonds. The lowest BCUT2D eigenvalue weighted by molar-refractivity contribution is -0.383. The Balaban J connectivity index is 1.82. The van der Waals surface area contributed by atoms with Gasteiger partial charge < -0.3 is 4.74 Å². The zero-order chi connectivity index (χ0) is 16.4. The van der Waals surface area contributed by atoms with E-state index in [1.807, 2.05) is 0 Å². The van der Waals surface area contributed by atoms with Crippen molar-refractivity contribution < 1.29 is 24.2 Å². The standard InChI is InChI=1S/C15H14N2O6/c1-9-10(6-8-21-9)15(18)23-22-13-5-4-12(17(19)20)11-3-2-7-16-14(11)13/h2-5,7,9-10H,6,8H2,1H3. The summed E-state index contributed by atoms with van der Waals surface area (Å²) in [6, 6.07) is 5.79. The number of rotatable bonds is 4. The van der Waals surface area contributed by atoms with Crippen molar-refractivity contribution in [2.75, 3.05) is 6.61 Å². The lowest BCUT2D eigenvalue weighted by Gasteiger charge is -2.12. The van der Waals surface area contributed by atoms with E-state index in [2.05, 4.69) is 4.98 Å². The van der Waals surface area contributed by atoms with Crippen molar-refractivity contribution >= 4 is 22.6 Å². The molecule has 1 aromatic heterocycles. The molecule has 2 heterocycles. The fraction of sp³-hybridized carbons (Fsp3) is 0.333. The van der Waals surface area contributed by atoms with Crippen LogP contribution in [0, 0.1) is 16.0 Å². The number of nitro groups is 1. The van der Waals surface area contributed by atoms with Gasteiger partial charge in [0.05, 0.1) is 22.3 Å². The highest BCUT2D eigenvalue weighted by Crippen LogP contribution is 2.31. The van der Waals surface area contributed by atoms with Crippen LogP contribution in [-0.4, -0.2) is 28.6 Å². The van der Waals surface area contributed by atoms with Crippen molar-refractivity contribution in [1.29, 1.82) is 0 Å². The summed E-state index contributed by atoms with van der Waals surface area (Å²) in [5.74, 6) is -0.768. The highest BCUT2D eigenvalue weighted by Gasteiger charge is 2.33. The van der Waals surface area contributed by atoms with Gasteiger partial charge in [0.25, 0.3) is 5.69 Å². The van der Waals surface area contributed by atoms with Gasteiger partial charge in [-0.25, -0.2) is 9.68 Å². The van der Waals surface area contributed by atoms with E-state index < -0.39 is 10.9 Å². The maximum atomic E-state index is 12.0. The Morgan fingerprint density at radius 2 is 2.26 bits per heavy atom. The Kier molecular flexibility index (Phi) is 4.07. The van der Waals surface area contributed by atoms with E-state index in [-0.39, 0.29) is 29.0 Å². The molecule has 1 fully saturated rings. The first-order valence-electron chi connectivity index (χ1n) is 7.10. The number of nitrogens with zero attached hydrogens (tertiary/aromatic N) is 2. The number of carbonyl (C=O) groups is 1. The third-order valence-electron chi connectivity index (χ3n) is 3.80. The maximum absolute atomic E-state index is 12.0. The minimum atomic E-state index is -0.530. The van der Waals surface area contributed by atoms with Crippen molar-refractivity contribution in [1.82, 2.24) is 4.98 Å². The molecular weight excluding hydrogens is 304 g/mol. The van der Waals surface area contributed by atoms with Crippen molar-refractivity contribution in [3.8, 4) is 5.75 Å². The molecule has 0 N–H and O–H groups in total. The van der Waals surface area contributed by atoms with Crippen LogP contribution in [0.1, 0.15) is 13.3 Å². The molecule has 0 bridgehead atoms. The van der Waals surface area contributed by atoms with Gasteiger partial charge >= 0.3 is 5.97 Å². The quantitative estimate of drug-likeness (QED) is 0.484. The fourth-order valence-electron chi connectivity index (χ4n) is 2.55. The van der Waals surface area contributed by atoms with Gasteiger partial charge in [0.15, 0.2) is 0 Å². The third kappa shape index (κ3) is 2.93. The van der Waals surface area contributed by atoms with Crippen LogP contribution in [0.3, 0.4) is 0 Å². The summed E-state index contributed by atoms with van der Waals surface area (Å²) in [6.07, 6.45) is 1.83. The Morgan fingerprint density at radius 3 is 2.96 bits per heavy atom. The van der Waals surface area contributed by atoms with Gasteiger partial charge in [-0.05, 0) is 31.5 Å². The van der Waals surface area contributed by atoms with E-state index in [0.717, 1.165) is 0 Å². The summed E-state index contributed by atoms with van der Waals surface area (Å²) in [7, 11) is 0. The molecule has 0 radical (unpaired) electrons. The van der Waals surface area contributed by atoms with Gasteiger partial charge in [-0.2, -0.15) is 0 Å². The zero-order valence-corrected chi connectivity index (χ0v) is 12.3. The number of ether oxygens (including phenoxy) is 1. The Morgan fingerprint density at radius 1 is 1.43 bits per heavy atom. The van der Waals surface area contributed by atoms with Gasteiger partial charge in [0.2, 0.25) is 5.75 Å². The van der Waals surface area contributed by atoms with Crippen LogP contribution in [0.15, 0.2) is 30.5 Å². The highest BCUT2D eigenvalue weighted by atomic mass is 17.2. The van der Waals surface area contributed by atoms with Crippen molar-refractivity contribution in [3.63, 3.8) is 0 Å². The molecule has 8 nitrogen and oxygen atoms in total. The van der Waals surface area contributed by atoms with Crippen LogP contribution in [0.2, 0.25) is 0 Å². The monoisotopic (exact) mass is 318 g/mol. The van der Waals surface area contributed by atoms with E-state index in [1.165, 1.54) is 18.3 Å². The molecule has 0 saturated carbocycles. The normalized spacial score (nSPS) is 20.4. The summed E-state index contributed by atoms with van der Waals surface area (Å²) < 4.78 is 5.31. The molecule has 0 spiro atoms. The number of benzene rings is 1. The minimum Gasteiger partial charge on any atom is -0.378 e. The van der Waals surface area contributed by atoms with E-state index >= 15 is 0 Å². The number of hydrogen-bond acceptors (Lipinski definition) is 7. The predicted octanol–water partition coefficient (Wildman–Crippen LogP) is 2.41. The van der Waals surface area contributed by atoms with Crippen molar-refractivity contribution in [2.24, 2.45) is 5.92 Å². The second-order valence-electron chi connectivity index (χ2n) is 5.20. The summed E-state index contributed by atoms with van der Waals surface area (Å²) in [4.78, 5) is 36.5. The Labute approximate surface area is 131 Å². The summed E-state index contributed by atoms with van der Waals surface area (Å²) >= 11 is 0. The smallest absolute Gasteiger partial charge is 0.361 e. The van der Waals surface area contributed by atoms with Gasteiger partial charge in [0.1, 0.15) is 5.52 Å². The number of non-ortho nitro benzene ring substituents is 1. The van der Waals surface area contributed by atoms with E-state index in [1.54, 1.807) is 19.1 Å². The number of aromatic nitrogens is 1.